The average Bonchev–Trinajstić information content (AvgIpc) is 3.23. The van der Waals surface area contributed by atoms with Crippen molar-refractivity contribution >= 4 is 28.4 Å². The molecule has 176 valence electrons. The maximum atomic E-state index is 12.0. The second kappa shape index (κ2) is 9.81. The van der Waals surface area contributed by atoms with Gasteiger partial charge in [-0.3, -0.25) is 14.9 Å². The molecule has 7 nitrogen and oxygen atoms in total. The summed E-state index contributed by atoms with van der Waals surface area (Å²) in [6, 6.07) is 9.43. The molecular formula is C26H28ClN5O2. The summed E-state index contributed by atoms with van der Waals surface area (Å²) in [5.41, 5.74) is 6.90. The number of nitrogens with zero attached hydrogens (tertiary/aromatic N) is 3. The van der Waals surface area contributed by atoms with Crippen molar-refractivity contribution in [3.63, 3.8) is 0 Å². The molecule has 0 aliphatic carbocycles. The van der Waals surface area contributed by atoms with Gasteiger partial charge in [-0.2, -0.15) is 5.10 Å². The maximum Gasteiger partial charge on any atom is 0.220 e. The summed E-state index contributed by atoms with van der Waals surface area (Å²) in [6.07, 6.45) is 2.21. The van der Waals surface area contributed by atoms with Crippen molar-refractivity contribution in [1.82, 2.24) is 25.5 Å². The van der Waals surface area contributed by atoms with Crippen LogP contribution in [0.4, 0.5) is 0 Å². The van der Waals surface area contributed by atoms with Crippen LogP contribution < -0.4 is 10.1 Å². The number of aromatic nitrogens is 4. The van der Waals surface area contributed by atoms with Crippen molar-refractivity contribution in [2.45, 2.75) is 53.7 Å². The largest absolute Gasteiger partial charge is 0.486 e. The Morgan fingerprint density at radius 2 is 1.94 bits per heavy atom. The van der Waals surface area contributed by atoms with Gasteiger partial charge in [0.1, 0.15) is 17.9 Å². The third-order valence-electron chi connectivity index (χ3n) is 5.74. The van der Waals surface area contributed by atoms with Crippen molar-refractivity contribution in [2.75, 3.05) is 0 Å². The second-order valence-electron chi connectivity index (χ2n) is 8.43. The Balaban J connectivity index is 1.72. The number of ether oxygens (including phenoxy) is 1. The Morgan fingerprint density at radius 1 is 1.18 bits per heavy atom. The smallest absolute Gasteiger partial charge is 0.220 e. The molecule has 1 unspecified atom stereocenters. The number of para-hydroxylation sites is 1. The molecule has 34 heavy (non-hydrogen) atoms. The highest BCUT2D eigenvalue weighted by Gasteiger charge is 2.19. The van der Waals surface area contributed by atoms with Crippen LogP contribution in [0.15, 0.2) is 36.5 Å². The average molecular weight is 478 g/mol. The van der Waals surface area contributed by atoms with Crippen molar-refractivity contribution in [1.29, 1.82) is 0 Å². The quantitative estimate of drug-likeness (QED) is 0.352. The fraction of sp³-hybridized carbons (Fsp3) is 0.308. The van der Waals surface area contributed by atoms with Crippen molar-refractivity contribution in [3.8, 4) is 17.0 Å². The van der Waals surface area contributed by atoms with Crippen LogP contribution in [0.25, 0.3) is 22.2 Å². The molecule has 4 rings (SSSR count). The van der Waals surface area contributed by atoms with E-state index in [1.807, 2.05) is 71.1 Å². The number of benzene rings is 1. The molecule has 1 amide bonds. The molecule has 2 N–H and O–H groups in total. The van der Waals surface area contributed by atoms with Crippen molar-refractivity contribution in [3.05, 3.63) is 69.8 Å². The first-order valence-corrected chi connectivity index (χ1v) is 11.6. The summed E-state index contributed by atoms with van der Waals surface area (Å²) in [6.45, 7) is 9.77. The maximum absolute atomic E-state index is 12.0. The predicted molar refractivity (Wildman–Crippen MR) is 134 cm³/mol. The first-order chi connectivity index (χ1) is 16.3. The normalized spacial score (nSPS) is 12.1. The van der Waals surface area contributed by atoms with Crippen LogP contribution in [0.3, 0.4) is 0 Å². The number of carbonyl (C=O) groups excluding carboxylic acids is 1. The molecule has 0 saturated carbocycles. The molecule has 0 saturated heterocycles. The van der Waals surface area contributed by atoms with Gasteiger partial charge in [0.15, 0.2) is 0 Å². The van der Waals surface area contributed by atoms with Crippen molar-refractivity contribution in [2.24, 2.45) is 0 Å². The van der Waals surface area contributed by atoms with Gasteiger partial charge in [0.2, 0.25) is 5.91 Å². The Bertz CT molecular complexity index is 1370. The predicted octanol–water partition coefficient (Wildman–Crippen LogP) is 5.76. The summed E-state index contributed by atoms with van der Waals surface area (Å²) in [5.74, 6) is 0.599. The van der Waals surface area contributed by atoms with Crippen LogP contribution in [0.2, 0.25) is 5.02 Å². The zero-order valence-electron chi connectivity index (χ0n) is 20.0. The molecule has 0 radical (unpaired) electrons. The van der Waals surface area contributed by atoms with Crippen LogP contribution in [0, 0.1) is 20.8 Å². The molecule has 1 atom stereocenters. The standard InChI is InChI=1S/C26H28ClN5O2/c1-6-23(33)31-17(5)25-20(21(27)11-16(4)29-25)13-34-22-9-7-8-18-19(10-15(3)30-26(18)22)24-14(2)12-28-32-24/h7-12,17H,6,13H2,1-5H3,(H,28,32)(H,31,33). The monoisotopic (exact) mass is 477 g/mol. The van der Waals surface area contributed by atoms with E-state index in [1.165, 1.54) is 0 Å². The van der Waals surface area contributed by atoms with Gasteiger partial charge in [0, 0.05) is 34.3 Å². The molecule has 3 aromatic heterocycles. The lowest BCUT2D eigenvalue weighted by atomic mass is 10.0. The molecule has 0 spiro atoms. The number of H-pyrrole nitrogens is 1. The minimum Gasteiger partial charge on any atom is -0.486 e. The number of amides is 1. The van der Waals surface area contributed by atoms with Gasteiger partial charge in [-0.15, -0.1) is 0 Å². The molecule has 4 aromatic rings. The second-order valence-corrected chi connectivity index (χ2v) is 8.84. The van der Waals surface area contributed by atoms with Crippen LogP contribution in [-0.2, 0) is 11.4 Å². The van der Waals surface area contributed by atoms with Gasteiger partial charge < -0.3 is 10.1 Å². The fourth-order valence-electron chi connectivity index (χ4n) is 4.04. The van der Waals surface area contributed by atoms with E-state index in [0.717, 1.165) is 44.7 Å². The Labute approximate surface area is 203 Å². The number of halogens is 1. The van der Waals surface area contributed by atoms with E-state index in [0.29, 0.717) is 22.9 Å². The van der Waals surface area contributed by atoms with Gasteiger partial charge in [0.05, 0.1) is 28.6 Å². The number of hydrogen-bond donors (Lipinski definition) is 2. The zero-order valence-corrected chi connectivity index (χ0v) is 20.7. The lowest BCUT2D eigenvalue weighted by Crippen LogP contribution is -2.27. The van der Waals surface area contributed by atoms with Gasteiger partial charge in [-0.05, 0) is 51.5 Å². The Kier molecular flexibility index (Phi) is 6.84. The highest BCUT2D eigenvalue weighted by atomic mass is 35.5. The molecule has 0 aliphatic heterocycles. The minimum absolute atomic E-state index is 0.0471. The van der Waals surface area contributed by atoms with Gasteiger partial charge in [0.25, 0.3) is 0 Å². The van der Waals surface area contributed by atoms with E-state index in [9.17, 15) is 4.79 Å². The van der Waals surface area contributed by atoms with Crippen LogP contribution in [0.1, 0.15) is 54.5 Å². The number of fused-ring (bicyclic) bond motifs is 1. The third-order valence-corrected chi connectivity index (χ3v) is 6.08. The van der Waals surface area contributed by atoms with E-state index in [2.05, 4.69) is 20.5 Å². The molecule has 0 bridgehead atoms. The van der Waals surface area contributed by atoms with E-state index in [1.54, 1.807) is 0 Å². The number of nitrogens with one attached hydrogen (secondary N) is 2. The van der Waals surface area contributed by atoms with Gasteiger partial charge in [-0.25, -0.2) is 4.98 Å². The summed E-state index contributed by atoms with van der Waals surface area (Å²) in [4.78, 5) is 21.4. The van der Waals surface area contributed by atoms with Gasteiger partial charge >= 0.3 is 0 Å². The van der Waals surface area contributed by atoms with Gasteiger partial charge in [-0.1, -0.05) is 30.7 Å². The van der Waals surface area contributed by atoms with E-state index >= 15 is 0 Å². The van der Waals surface area contributed by atoms with Crippen LogP contribution in [-0.4, -0.2) is 26.1 Å². The lowest BCUT2D eigenvalue weighted by molar-refractivity contribution is -0.121. The molecular weight excluding hydrogens is 450 g/mol. The Hall–Kier alpha value is -3.45. The zero-order chi connectivity index (χ0) is 24.4. The summed E-state index contributed by atoms with van der Waals surface area (Å²) < 4.78 is 6.28. The molecule has 0 aliphatic rings. The topological polar surface area (TPSA) is 92.8 Å². The van der Waals surface area contributed by atoms with E-state index in [-0.39, 0.29) is 18.6 Å². The Morgan fingerprint density at radius 3 is 2.65 bits per heavy atom. The number of hydrogen-bond acceptors (Lipinski definition) is 5. The minimum atomic E-state index is -0.300. The summed E-state index contributed by atoms with van der Waals surface area (Å²) in [7, 11) is 0. The number of pyridine rings is 2. The van der Waals surface area contributed by atoms with E-state index in [4.69, 9.17) is 21.3 Å². The van der Waals surface area contributed by atoms with Crippen molar-refractivity contribution < 1.29 is 9.53 Å². The first kappa shape index (κ1) is 23.7. The van der Waals surface area contributed by atoms with Crippen LogP contribution in [0.5, 0.6) is 5.75 Å². The van der Waals surface area contributed by atoms with E-state index < -0.39 is 0 Å². The highest BCUT2D eigenvalue weighted by Crippen LogP contribution is 2.34. The number of rotatable bonds is 7. The molecule has 8 heteroatoms. The lowest BCUT2D eigenvalue weighted by Gasteiger charge is -2.19. The number of aryl methyl sites for hydroxylation is 3. The fourth-order valence-corrected chi connectivity index (χ4v) is 4.35. The van der Waals surface area contributed by atoms with Crippen LogP contribution >= 0.6 is 11.6 Å². The molecule has 1 aromatic carbocycles. The third kappa shape index (κ3) is 4.75. The number of aromatic amines is 1. The SMILES string of the molecule is CCC(=O)NC(C)c1nc(C)cc(Cl)c1COc1cccc2c(-c3[nH]ncc3C)cc(C)nc12. The highest BCUT2D eigenvalue weighted by molar-refractivity contribution is 6.31. The summed E-state index contributed by atoms with van der Waals surface area (Å²) >= 11 is 6.61. The first-order valence-electron chi connectivity index (χ1n) is 11.3. The molecule has 3 heterocycles. The number of carbonyl (C=O) groups is 1. The summed E-state index contributed by atoms with van der Waals surface area (Å²) in [5, 5.41) is 11.8. The molecule has 0 fully saturated rings.